The summed E-state index contributed by atoms with van der Waals surface area (Å²) < 4.78 is 21.5. The Morgan fingerprint density at radius 2 is 1.95 bits per heavy atom. The molecule has 2 aliphatic heterocycles. The number of carbonyl (C=O) groups excluding carboxylic acids is 2. The van der Waals surface area contributed by atoms with Crippen molar-refractivity contribution in [3.05, 3.63) is 35.9 Å². The number of ketones is 1. The van der Waals surface area contributed by atoms with Crippen LogP contribution >= 0.6 is 0 Å². The van der Waals surface area contributed by atoms with Crippen LogP contribution in [-0.2, 0) is 23.7 Å². The lowest BCUT2D eigenvalue weighted by atomic mass is 10.2. The predicted octanol–water partition coefficient (Wildman–Crippen LogP) is 1.29. The Labute approximate surface area is 121 Å². The Balaban J connectivity index is 1.56. The largest absolute Gasteiger partial charge is 0.459 e. The lowest BCUT2D eigenvalue weighted by Gasteiger charge is -2.19. The number of benzene rings is 1. The van der Waals surface area contributed by atoms with Crippen molar-refractivity contribution in [2.45, 2.75) is 38.1 Å². The summed E-state index contributed by atoms with van der Waals surface area (Å²) in [6, 6.07) is 8.56. The van der Waals surface area contributed by atoms with Gasteiger partial charge in [-0.15, -0.1) is 0 Å². The second-order valence-electron chi connectivity index (χ2n) is 5.42. The van der Waals surface area contributed by atoms with Crippen molar-refractivity contribution in [1.82, 2.24) is 0 Å². The van der Waals surface area contributed by atoms with Crippen molar-refractivity contribution in [3.8, 4) is 0 Å². The molecule has 0 bridgehead atoms. The third-order valence-corrected chi connectivity index (χ3v) is 3.33. The molecular formula is C15H16O6. The van der Waals surface area contributed by atoms with Crippen LogP contribution in [0.5, 0.6) is 0 Å². The van der Waals surface area contributed by atoms with E-state index in [0.29, 0.717) is 5.56 Å². The number of ether oxygens (including phenoxy) is 4. The maximum Gasteiger partial charge on any atom is 0.338 e. The zero-order valence-corrected chi connectivity index (χ0v) is 11.8. The van der Waals surface area contributed by atoms with Crippen LogP contribution in [0.2, 0.25) is 0 Å². The smallest absolute Gasteiger partial charge is 0.338 e. The molecule has 2 aliphatic rings. The summed E-state index contributed by atoms with van der Waals surface area (Å²) in [5, 5.41) is 0. The van der Waals surface area contributed by atoms with Crippen LogP contribution in [0.3, 0.4) is 0 Å². The highest BCUT2D eigenvalue weighted by Gasteiger charge is 2.54. The van der Waals surface area contributed by atoms with E-state index in [1.54, 1.807) is 44.2 Å². The number of Topliss-reactive ketones (excluding diaryl/α,β-unsaturated/α-hetero) is 1. The van der Waals surface area contributed by atoms with Gasteiger partial charge in [0, 0.05) is 0 Å². The standard InChI is InChI=1S/C15H16O6/c1-15(2)20-12-11(16)10(19-14(12)21-15)8-18-13(17)9-6-4-3-5-7-9/h3-7,10,12,14H,8H2,1-2H3/t10-,12?,14?/m1/s1. The molecule has 6 heteroatoms. The first-order valence-electron chi connectivity index (χ1n) is 6.73. The lowest BCUT2D eigenvalue weighted by molar-refractivity contribution is -0.207. The highest BCUT2D eigenvalue weighted by Crippen LogP contribution is 2.35. The third-order valence-electron chi connectivity index (χ3n) is 3.33. The topological polar surface area (TPSA) is 71.1 Å². The van der Waals surface area contributed by atoms with E-state index in [4.69, 9.17) is 18.9 Å². The van der Waals surface area contributed by atoms with E-state index in [1.807, 2.05) is 0 Å². The molecule has 2 fully saturated rings. The summed E-state index contributed by atoms with van der Waals surface area (Å²) in [4.78, 5) is 23.9. The monoisotopic (exact) mass is 292 g/mol. The molecule has 6 nitrogen and oxygen atoms in total. The Morgan fingerprint density at radius 3 is 2.62 bits per heavy atom. The fourth-order valence-corrected chi connectivity index (χ4v) is 2.36. The van der Waals surface area contributed by atoms with Gasteiger partial charge in [-0.1, -0.05) is 18.2 Å². The molecule has 1 aromatic rings. The van der Waals surface area contributed by atoms with Gasteiger partial charge >= 0.3 is 5.97 Å². The number of fused-ring (bicyclic) bond motifs is 1. The van der Waals surface area contributed by atoms with Gasteiger partial charge in [-0.25, -0.2) is 4.79 Å². The third kappa shape index (κ3) is 2.83. The zero-order valence-electron chi connectivity index (χ0n) is 11.8. The average molecular weight is 292 g/mol. The van der Waals surface area contributed by atoms with Crippen LogP contribution in [0, 0.1) is 0 Å². The minimum atomic E-state index is -0.844. The van der Waals surface area contributed by atoms with E-state index < -0.39 is 30.3 Å². The molecule has 2 heterocycles. The normalized spacial score (nSPS) is 30.2. The van der Waals surface area contributed by atoms with Crippen LogP contribution in [0.4, 0.5) is 0 Å². The molecule has 21 heavy (non-hydrogen) atoms. The highest BCUT2D eigenvalue weighted by atomic mass is 16.8. The summed E-state index contributed by atoms with van der Waals surface area (Å²) in [7, 11) is 0. The van der Waals surface area contributed by atoms with Gasteiger partial charge in [-0.05, 0) is 26.0 Å². The molecule has 3 rings (SSSR count). The fraction of sp³-hybridized carbons (Fsp3) is 0.467. The zero-order chi connectivity index (χ0) is 15.0. The van der Waals surface area contributed by atoms with Gasteiger partial charge in [-0.2, -0.15) is 0 Å². The van der Waals surface area contributed by atoms with E-state index in [1.165, 1.54) is 0 Å². The second-order valence-corrected chi connectivity index (χ2v) is 5.42. The van der Waals surface area contributed by atoms with Gasteiger partial charge in [0.15, 0.2) is 30.1 Å². The number of rotatable bonds is 3. The van der Waals surface area contributed by atoms with Crippen molar-refractivity contribution >= 4 is 11.8 Å². The van der Waals surface area contributed by atoms with Crippen LogP contribution in [-0.4, -0.2) is 42.6 Å². The van der Waals surface area contributed by atoms with Gasteiger partial charge in [-0.3, -0.25) is 4.79 Å². The van der Waals surface area contributed by atoms with E-state index in [0.717, 1.165) is 0 Å². The average Bonchev–Trinajstić information content (AvgIpc) is 2.91. The first-order chi connectivity index (χ1) is 9.96. The summed E-state index contributed by atoms with van der Waals surface area (Å²) in [6.45, 7) is 3.28. The van der Waals surface area contributed by atoms with Crippen LogP contribution in [0.15, 0.2) is 30.3 Å². The Hall–Kier alpha value is -1.76. The van der Waals surface area contributed by atoms with Crippen LogP contribution < -0.4 is 0 Å². The predicted molar refractivity (Wildman–Crippen MR) is 70.4 cm³/mol. The summed E-state index contributed by atoms with van der Waals surface area (Å²) in [5.74, 6) is -1.59. The minimum Gasteiger partial charge on any atom is -0.459 e. The SMILES string of the molecule is CC1(C)OC2O[C@H](COC(=O)c3ccccc3)C(=O)C2O1. The van der Waals surface area contributed by atoms with E-state index in [9.17, 15) is 9.59 Å². The molecule has 3 atom stereocenters. The van der Waals surface area contributed by atoms with Crippen molar-refractivity contribution in [2.75, 3.05) is 6.61 Å². The maximum absolute atomic E-state index is 12.1. The Kier molecular flexibility index (Phi) is 3.52. The summed E-state index contributed by atoms with van der Waals surface area (Å²) in [5.41, 5.74) is 0.428. The van der Waals surface area contributed by atoms with E-state index in [-0.39, 0.29) is 12.4 Å². The fourth-order valence-electron chi connectivity index (χ4n) is 2.36. The first kappa shape index (κ1) is 14.2. The first-order valence-corrected chi connectivity index (χ1v) is 6.73. The summed E-state index contributed by atoms with van der Waals surface area (Å²) >= 11 is 0. The van der Waals surface area contributed by atoms with Gasteiger partial charge in [0.05, 0.1) is 5.56 Å². The Morgan fingerprint density at radius 1 is 1.24 bits per heavy atom. The van der Waals surface area contributed by atoms with Gasteiger partial charge in [0.1, 0.15) is 6.61 Å². The second kappa shape index (κ2) is 5.22. The number of carbonyl (C=O) groups is 2. The molecule has 0 aromatic heterocycles. The number of hydrogen-bond donors (Lipinski definition) is 0. The number of esters is 1. The van der Waals surface area contributed by atoms with Gasteiger partial charge in [0.2, 0.25) is 0 Å². The molecule has 112 valence electrons. The molecule has 0 amide bonds. The van der Waals surface area contributed by atoms with E-state index >= 15 is 0 Å². The quantitative estimate of drug-likeness (QED) is 0.782. The molecule has 1 aromatic carbocycles. The minimum absolute atomic E-state index is 0.146. The van der Waals surface area contributed by atoms with E-state index in [2.05, 4.69) is 0 Å². The molecule has 0 radical (unpaired) electrons. The number of hydrogen-bond acceptors (Lipinski definition) is 6. The molecule has 2 saturated heterocycles. The van der Waals surface area contributed by atoms with Crippen molar-refractivity contribution < 1.29 is 28.5 Å². The summed E-state index contributed by atoms with van der Waals surface area (Å²) in [6.07, 6.45) is -2.32. The van der Waals surface area contributed by atoms with Crippen molar-refractivity contribution in [1.29, 1.82) is 0 Å². The molecule has 0 aliphatic carbocycles. The van der Waals surface area contributed by atoms with Gasteiger partial charge < -0.3 is 18.9 Å². The lowest BCUT2D eigenvalue weighted by Crippen LogP contribution is -2.33. The molecule has 0 N–H and O–H groups in total. The maximum atomic E-state index is 12.1. The molecule has 2 unspecified atom stereocenters. The molecule has 0 saturated carbocycles. The van der Waals surface area contributed by atoms with Crippen LogP contribution in [0.1, 0.15) is 24.2 Å². The molecule has 0 spiro atoms. The van der Waals surface area contributed by atoms with Crippen molar-refractivity contribution in [2.24, 2.45) is 0 Å². The highest BCUT2D eigenvalue weighted by molar-refractivity contribution is 5.92. The Bertz CT molecular complexity index is 553. The van der Waals surface area contributed by atoms with Crippen molar-refractivity contribution in [3.63, 3.8) is 0 Å². The van der Waals surface area contributed by atoms with Gasteiger partial charge in [0.25, 0.3) is 0 Å². The van der Waals surface area contributed by atoms with Crippen LogP contribution in [0.25, 0.3) is 0 Å². The molecular weight excluding hydrogens is 276 g/mol.